The van der Waals surface area contributed by atoms with Crippen molar-refractivity contribution in [3.05, 3.63) is 18.3 Å². The number of anilines is 1. The first-order valence-corrected chi connectivity index (χ1v) is 7.99. The largest absolute Gasteiger partial charge is 0.384 e. The third kappa shape index (κ3) is 4.14. The fourth-order valence-electron chi connectivity index (χ4n) is 2.09. The minimum atomic E-state index is -3.55. The number of sulfonamides is 1. The Bertz CT molecular complexity index is 526. The molecule has 1 saturated heterocycles. The number of pyridine rings is 1. The summed E-state index contributed by atoms with van der Waals surface area (Å²) in [6.45, 7) is 5.55. The molecule has 1 aromatic heterocycles. The van der Waals surface area contributed by atoms with Crippen molar-refractivity contribution in [1.82, 2.24) is 14.6 Å². The molecule has 1 aliphatic heterocycles. The number of morpholine rings is 1. The maximum Gasteiger partial charge on any atom is 0.242 e. The van der Waals surface area contributed by atoms with Crippen LogP contribution in [0.2, 0.25) is 0 Å². The van der Waals surface area contributed by atoms with Crippen molar-refractivity contribution in [2.24, 2.45) is 0 Å². The van der Waals surface area contributed by atoms with Gasteiger partial charge < -0.3 is 10.5 Å². The quantitative estimate of drug-likeness (QED) is 0.772. The number of hydrogen-bond donors (Lipinski definition) is 2. The van der Waals surface area contributed by atoms with Gasteiger partial charge >= 0.3 is 0 Å². The van der Waals surface area contributed by atoms with E-state index in [1.165, 1.54) is 18.3 Å². The van der Waals surface area contributed by atoms with E-state index in [9.17, 15) is 8.42 Å². The second kappa shape index (κ2) is 6.49. The lowest BCUT2D eigenvalue weighted by Gasteiger charge is -2.29. The molecule has 7 nitrogen and oxygen atoms in total. The standard InChI is InChI=1S/C12H20N4O3S/c1-10(9-16-4-6-19-7-5-16)15-20(17,18)11-2-3-12(13)14-8-11/h2-3,8,10,15H,4-7,9H2,1H3,(H2,13,14). The van der Waals surface area contributed by atoms with Crippen molar-refractivity contribution in [1.29, 1.82) is 0 Å². The fraction of sp³-hybridized carbons (Fsp3) is 0.583. The molecule has 20 heavy (non-hydrogen) atoms. The maximum atomic E-state index is 12.2. The predicted molar refractivity (Wildman–Crippen MR) is 75.7 cm³/mol. The molecule has 1 aliphatic rings. The van der Waals surface area contributed by atoms with E-state index in [4.69, 9.17) is 10.5 Å². The number of nitrogens with zero attached hydrogens (tertiary/aromatic N) is 2. The molecule has 8 heteroatoms. The van der Waals surface area contributed by atoms with Gasteiger partial charge in [0.1, 0.15) is 10.7 Å². The van der Waals surface area contributed by atoms with Crippen molar-refractivity contribution < 1.29 is 13.2 Å². The van der Waals surface area contributed by atoms with Crippen LogP contribution in [0.15, 0.2) is 23.2 Å². The highest BCUT2D eigenvalue weighted by Gasteiger charge is 2.20. The summed E-state index contributed by atoms with van der Waals surface area (Å²) in [5.41, 5.74) is 5.45. The molecule has 112 valence electrons. The molecule has 0 amide bonds. The summed E-state index contributed by atoms with van der Waals surface area (Å²) in [7, 11) is -3.55. The van der Waals surface area contributed by atoms with Gasteiger partial charge in [-0.25, -0.2) is 18.1 Å². The number of nitrogens with two attached hydrogens (primary N) is 1. The van der Waals surface area contributed by atoms with E-state index in [2.05, 4.69) is 14.6 Å². The molecule has 0 spiro atoms. The minimum absolute atomic E-state index is 0.125. The summed E-state index contributed by atoms with van der Waals surface area (Å²) in [4.78, 5) is 6.10. The van der Waals surface area contributed by atoms with Crippen LogP contribution < -0.4 is 10.5 Å². The molecule has 1 aromatic rings. The Morgan fingerprint density at radius 2 is 2.15 bits per heavy atom. The third-order valence-electron chi connectivity index (χ3n) is 3.06. The van der Waals surface area contributed by atoms with Crippen LogP contribution in [0.5, 0.6) is 0 Å². The van der Waals surface area contributed by atoms with Gasteiger partial charge in [0.2, 0.25) is 10.0 Å². The van der Waals surface area contributed by atoms with E-state index in [1.54, 1.807) is 0 Å². The van der Waals surface area contributed by atoms with E-state index in [0.717, 1.165) is 13.1 Å². The molecule has 0 bridgehead atoms. The smallest absolute Gasteiger partial charge is 0.242 e. The monoisotopic (exact) mass is 300 g/mol. The van der Waals surface area contributed by atoms with Crippen molar-refractivity contribution >= 4 is 15.8 Å². The molecule has 0 aliphatic carbocycles. The van der Waals surface area contributed by atoms with Crippen LogP contribution in [0.25, 0.3) is 0 Å². The first-order valence-electron chi connectivity index (χ1n) is 6.51. The van der Waals surface area contributed by atoms with E-state index in [1.807, 2.05) is 6.92 Å². The minimum Gasteiger partial charge on any atom is -0.384 e. The van der Waals surface area contributed by atoms with Crippen molar-refractivity contribution in [3.8, 4) is 0 Å². The Kier molecular flexibility index (Phi) is 4.92. The zero-order chi connectivity index (χ0) is 14.6. The van der Waals surface area contributed by atoms with Crippen LogP contribution >= 0.6 is 0 Å². The number of aromatic nitrogens is 1. The molecular weight excluding hydrogens is 280 g/mol. The highest BCUT2D eigenvalue weighted by molar-refractivity contribution is 7.89. The number of hydrogen-bond acceptors (Lipinski definition) is 6. The number of rotatable bonds is 5. The van der Waals surface area contributed by atoms with Gasteiger partial charge in [0.15, 0.2) is 0 Å². The summed E-state index contributed by atoms with van der Waals surface area (Å²) in [5, 5.41) is 0. The zero-order valence-corrected chi connectivity index (χ0v) is 12.3. The van der Waals surface area contributed by atoms with Crippen LogP contribution in [0.4, 0.5) is 5.82 Å². The first kappa shape index (κ1) is 15.2. The summed E-state index contributed by atoms with van der Waals surface area (Å²) in [6, 6.07) is 2.74. The summed E-state index contributed by atoms with van der Waals surface area (Å²) in [6.07, 6.45) is 1.26. The third-order valence-corrected chi connectivity index (χ3v) is 4.64. The van der Waals surface area contributed by atoms with Gasteiger partial charge in [0.05, 0.1) is 13.2 Å². The summed E-state index contributed by atoms with van der Waals surface area (Å²) < 4.78 is 32.2. The van der Waals surface area contributed by atoms with Gasteiger partial charge in [-0.1, -0.05) is 0 Å². The lowest BCUT2D eigenvalue weighted by Crippen LogP contribution is -2.45. The molecule has 1 unspecified atom stereocenters. The van der Waals surface area contributed by atoms with Crippen LogP contribution in [0.1, 0.15) is 6.92 Å². The molecule has 3 N–H and O–H groups in total. The topological polar surface area (TPSA) is 97.5 Å². The van der Waals surface area contributed by atoms with Crippen LogP contribution in [0.3, 0.4) is 0 Å². The van der Waals surface area contributed by atoms with Gasteiger partial charge in [-0.3, -0.25) is 4.90 Å². The van der Waals surface area contributed by atoms with Gasteiger partial charge in [-0.05, 0) is 19.1 Å². The second-order valence-corrected chi connectivity index (χ2v) is 6.57. The highest BCUT2D eigenvalue weighted by atomic mass is 32.2. The maximum absolute atomic E-state index is 12.2. The Balaban J connectivity index is 1.95. The van der Waals surface area contributed by atoms with Crippen molar-refractivity contribution in [2.75, 3.05) is 38.6 Å². The predicted octanol–water partition coefficient (Wildman–Crippen LogP) is -0.337. The number of nitrogen functional groups attached to an aromatic ring is 1. The Morgan fingerprint density at radius 3 is 2.75 bits per heavy atom. The van der Waals surface area contributed by atoms with Crippen molar-refractivity contribution in [2.45, 2.75) is 17.9 Å². The average molecular weight is 300 g/mol. The van der Waals surface area contributed by atoms with Gasteiger partial charge in [0.25, 0.3) is 0 Å². The van der Waals surface area contributed by atoms with E-state index in [-0.39, 0.29) is 10.9 Å². The Hall–Kier alpha value is -1.22. The first-order chi connectivity index (χ1) is 9.47. The second-order valence-electron chi connectivity index (χ2n) is 4.85. The molecule has 1 atom stereocenters. The SMILES string of the molecule is CC(CN1CCOCC1)NS(=O)(=O)c1ccc(N)nc1. The van der Waals surface area contributed by atoms with E-state index < -0.39 is 10.0 Å². The van der Waals surface area contributed by atoms with E-state index >= 15 is 0 Å². The average Bonchev–Trinajstić information content (AvgIpc) is 2.39. The highest BCUT2D eigenvalue weighted by Crippen LogP contribution is 2.09. The molecule has 1 fully saturated rings. The summed E-state index contributed by atoms with van der Waals surface area (Å²) in [5.74, 6) is 0.297. The van der Waals surface area contributed by atoms with Gasteiger partial charge in [0, 0.05) is 31.9 Å². The normalized spacial score (nSPS) is 18.9. The molecule has 0 saturated carbocycles. The van der Waals surface area contributed by atoms with Gasteiger partial charge in [-0.2, -0.15) is 0 Å². The van der Waals surface area contributed by atoms with Crippen LogP contribution in [0, 0.1) is 0 Å². The molecule has 0 radical (unpaired) electrons. The molecular formula is C12H20N4O3S. The zero-order valence-electron chi connectivity index (χ0n) is 11.4. The molecule has 2 rings (SSSR count). The summed E-state index contributed by atoms with van der Waals surface area (Å²) >= 11 is 0. The number of nitrogens with one attached hydrogen (secondary N) is 1. The number of ether oxygens (including phenoxy) is 1. The fourth-order valence-corrected chi connectivity index (χ4v) is 3.27. The lowest BCUT2D eigenvalue weighted by atomic mass is 10.3. The Labute approximate surface area is 119 Å². The van der Waals surface area contributed by atoms with Gasteiger partial charge in [-0.15, -0.1) is 0 Å². The van der Waals surface area contributed by atoms with Crippen LogP contribution in [-0.4, -0.2) is 57.2 Å². The molecule has 0 aromatic carbocycles. The van der Waals surface area contributed by atoms with Crippen LogP contribution in [-0.2, 0) is 14.8 Å². The molecule has 2 heterocycles. The van der Waals surface area contributed by atoms with E-state index in [0.29, 0.717) is 25.6 Å². The lowest BCUT2D eigenvalue weighted by molar-refractivity contribution is 0.0354. The van der Waals surface area contributed by atoms with Crippen molar-refractivity contribution in [3.63, 3.8) is 0 Å². The Morgan fingerprint density at radius 1 is 1.45 bits per heavy atom.